The molecule has 2 aliphatic rings. The molecule has 72 valence electrons. The maximum Gasteiger partial charge on any atom is 0.144 e. The number of nitrogens with one attached hydrogen (secondary N) is 1. The fourth-order valence-electron chi connectivity index (χ4n) is 2.23. The van der Waals surface area contributed by atoms with Crippen LogP contribution >= 0.6 is 0 Å². The molecule has 2 saturated heterocycles. The van der Waals surface area contributed by atoms with Crippen LogP contribution in [0.25, 0.3) is 0 Å². The third-order valence-electron chi connectivity index (χ3n) is 2.86. The van der Waals surface area contributed by atoms with Crippen molar-refractivity contribution in [2.75, 3.05) is 13.7 Å². The van der Waals surface area contributed by atoms with Crippen LogP contribution in [-0.2, 0) is 9.47 Å². The summed E-state index contributed by atoms with van der Waals surface area (Å²) in [5.74, 6) is 0.350. The van der Waals surface area contributed by atoms with Crippen molar-refractivity contribution in [3.05, 3.63) is 0 Å². The molecule has 4 heteroatoms. The van der Waals surface area contributed by atoms with E-state index in [1.54, 1.807) is 7.11 Å². The Morgan fingerprint density at radius 1 is 1.62 bits per heavy atom. The van der Waals surface area contributed by atoms with Crippen molar-refractivity contribution < 1.29 is 9.47 Å². The largest absolute Gasteiger partial charge is 0.366 e. The maximum atomic E-state index is 8.74. The van der Waals surface area contributed by atoms with E-state index in [4.69, 9.17) is 14.7 Å². The number of piperidine rings is 1. The highest BCUT2D eigenvalue weighted by Gasteiger charge is 2.42. The molecule has 0 aliphatic carbocycles. The van der Waals surface area contributed by atoms with Crippen molar-refractivity contribution in [2.24, 2.45) is 5.92 Å². The molecule has 4 unspecified atom stereocenters. The van der Waals surface area contributed by atoms with E-state index in [1.165, 1.54) is 0 Å². The Labute approximate surface area is 77.8 Å². The summed E-state index contributed by atoms with van der Waals surface area (Å²) in [5.41, 5.74) is 0. The quantitative estimate of drug-likeness (QED) is 0.631. The van der Waals surface area contributed by atoms with Gasteiger partial charge in [-0.25, -0.2) is 0 Å². The number of rotatable bonds is 1. The Hall–Kier alpha value is -0.630. The zero-order valence-corrected chi connectivity index (χ0v) is 7.69. The summed E-state index contributed by atoms with van der Waals surface area (Å²) in [7, 11) is 1.69. The van der Waals surface area contributed by atoms with Crippen LogP contribution in [0.3, 0.4) is 0 Å². The van der Waals surface area contributed by atoms with Gasteiger partial charge in [0.2, 0.25) is 0 Å². The summed E-state index contributed by atoms with van der Waals surface area (Å²) in [6.45, 7) is 0.915. The molecule has 2 fully saturated rings. The van der Waals surface area contributed by atoms with Crippen LogP contribution in [0.1, 0.15) is 12.8 Å². The fraction of sp³-hybridized carbons (Fsp3) is 0.889. The lowest BCUT2D eigenvalue weighted by molar-refractivity contribution is -0.0414. The SMILES string of the molecule is COC1NCCC2OC(C#N)CC21. The molecule has 0 radical (unpaired) electrons. The van der Waals surface area contributed by atoms with Gasteiger partial charge in [-0.1, -0.05) is 0 Å². The van der Waals surface area contributed by atoms with E-state index in [0.29, 0.717) is 5.92 Å². The molecular formula is C9H14N2O2. The summed E-state index contributed by atoms with van der Waals surface area (Å²) in [4.78, 5) is 0. The van der Waals surface area contributed by atoms with Crippen molar-refractivity contribution in [1.29, 1.82) is 5.26 Å². The second-order valence-corrected chi connectivity index (χ2v) is 3.59. The summed E-state index contributed by atoms with van der Waals surface area (Å²) in [5, 5.41) is 12.0. The lowest BCUT2D eigenvalue weighted by Crippen LogP contribution is -2.47. The second kappa shape index (κ2) is 3.62. The number of hydrogen-bond acceptors (Lipinski definition) is 4. The molecule has 1 N–H and O–H groups in total. The first kappa shape index (κ1) is 8.95. The lowest BCUT2D eigenvalue weighted by Gasteiger charge is -2.32. The van der Waals surface area contributed by atoms with Gasteiger partial charge in [0.1, 0.15) is 12.3 Å². The van der Waals surface area contributed by atoms with Gasteiger partial charge in [-0.3, -0.25) is 5.32 Å². The molecule has 2 rings (SSSR count). The topological polar surface area (TPSA) is 54.3 Å². The number of fused-ring (bicyclic) bond motifs is 1. The van der Waals surface area contributed by atoms with Gasteiger partial charge < -0.3 is 9.47 Å². The minimum absolute atomic E-state index is 0.0668. The van der Waals surface area contributed by atoms with Gasteiger partial charge in [-0.15, -0.1) is 0 Å². The van der Waals surface area contributed by atoms with Crippen molar-refractivity contribution in [2.45, 2.75) is 31.3 Å². The summed E-state index contributed by atoms with van der Waals surface area (Å²) in [6, 6.07) is 2.16. The van der Waals surface area contributed by atoms with Crippen LogP contribution in [-0.4, -0.2) is 32.1 Å². The molecule has 0 bridgehead atoms. The first-order valence-corrected chi connectivity index (χ1v) is 4.66. The second-order valence-electron chi connectivity index (χ2n) is 3.59. The van der Waals surface area contributed by atoms with E-state index in [-0.39, 0.29) is 18.4 Å². The number of methoxy groups -OCH3 is 1. The van der Waals surface area contributed by atoms with Crippen molar-refractivity contribution in [1.82, 2.24) is 5.32 Å². The Morgan fingerprint density at radius 2 is 2.46 bits per heavy atom. The normalized spacial score (nSPS) is 44.0. The highest BCUT2D eigenvalue weighted by atomic mass is 16.5. The Bertz CT molecular complexity index is 226. The van der Waals surface area contributed by atoms with Crippen LogP contribution in [0.15, 0.2) is 0 Å². The Balaban J connectivity index is 2.04. The van der Waals surface area contributed by atoms with Gasteiger partial charge in [-0.05, 0) is 19.4 Å². The van der Waals surface area contributed by atoms with E-state index >= 15 is 0 Å². The number of ether oxygens (including phenoxy) is 2. The predicted octanol–water partition coefficient (Wildman–Crippen LogP) is 0.249. The average Bonchev–Trinajstić information content (AvgIpc) is 2.59. The molecule has 0 aromatic carbocycles. The number of nitrogens with zero attached hydrogens (tertiary/aromatic N) is 1. The minimum atomic E-state index is -0.229. The van der Waals surface area contributed by atoms with Gasteiger partial charge in [-0.2, -0.15) is 5.26 Å². The van der Waals surface area contributed by atoms with Crippen molar-refractivity contribution >= 4 is 0 Å². The Kier molecular flexibility index (Phi) is 2.49. The van der Waals surface area contributed by atoms with Crippen LogP contribution in [0.2, 0.25) is 0 Å². The number of hydrogen-bond donors (Lipinski definition) is 1. The first-order chi connectivity index (χ1) is 6.35. The summed E-state index contributed by atoms with van der Waals surface area (Å²) < 4.78 is 10.9. The molecule has 2 aliphatic heterocycles. The molecule has 0 saturated carbocycles. The van der Waals surface area contributed by atoms with E-state index < -0.39 is 0 Å². The van der Waals surface area contributed by atoms with Gasteiger partial charge in [0, 0.05) is 13.0 Å². The third-order valence-corrected chi connectivity index (χ3v) is 2.86. The van der Waals surface area contributed by atoms with E-state index in [9.17, 15) is 0 Å². The molecule has 0 aromatic heterocycles. The Morgan fingerprint density at radius 3 is 3.15 bits per heavy atom. The lowest BCUT2D eigenvalue weighted by atomic mass is 9.92. The molecule has 4 nitrogen and oxygen atoms in total. The highest BCUT2D eigenvalue weighted by Crippen LogP contribution is 2.33. The van der Waals surface area contributed by atoms with E-state index in [0.717, 1.165) is 19.4 Å². The smallest absolute Gasteiger partial charge is 0.144 e. The molecule has 0 aromatic rings. The monoisotopic (exact) mass is 182 g/mol. The predicted molar refractivity (Wildman–Crippen MR) is 45.8 cm³/mol. The fourth-order valence-corrected chi connectivity index (χ4v) is 2.23. The van der Waals surface area contributed by atoms with Gasteiger partial charge in [0.15, 0.2) is 0 Å². The minimum Gasteiger partial charge on any atom is -0.366 e. The van der Waals surface area contributed by atoms with Gasteiger partial charge >= 0.3 is 0 Å². The first-order valence-electron chi connectivity index (χ1n) is 4.66. The standard InChI is InChI=1S/C9H14N2O2/c1-12-9-7-4-6(5-10)13-8(7)2-3-11-9/h6-9,11H,2-4H2,1H3. The van der Waals surface area contributed by atoms with Gasteiger partial charge in [0.05, 0.1) is 12.2 Å². The van der Waals surface area contributed by atoms with Crippen molar-refractivity contribution in [3.63, 3.8) is 0 Å². The van der Waals surface area contributed by atoms with Crippen LogP contribution in [0.5, 0.6) is 0 Å². The average molecular weight is 182 g/mol. The van der Waals surface area contributed by atoms with E-state index in [1.807, 2.05) is 0 Å². The maximum absolute atomic E-state index is 8.74. The van der Waals surface area contributed by atoms with Crippen LogP contribution in [0.4, 0.5) is 0 Å². The number of nitriles is 1. The van der Waals surface area contributed by atoms with Crippen LogP contribution < -0.4 is 5.32 Å². The van der Waals surface area contributed by atoms with E-state index in [2.05, 4.69) is 11.4 Å². The molecule has 4 atom stereocenters. The molecule has 0 amide bonds. The third kappa shape index (κ3) is 1.55. The molecule has 0 spiro atoms. The van der Waals surface area contributed by atoms with Gasteiger partial charge in [0.25, 0.3) is 0 Å². The zero-order valence-electron chi connectivity index (χ0n) is 7.69. The summed E-state index contributed by atoms with van der Waals surface area (Å²) >= 11 is 0. The highest BCUT2D eigenvalue weighted by molar-refractivity contribution is 4.98. The summed E-state index contributed by atoms with van der Waals surface area (Å²) in [6.07, 6.45) is 1.84. The molecular weight excluding hydrogens is 168 g/mol. The molecule has 2 heterocycles. The van der Waals surface area contributed by atoms with Crippen molar-refractivity contribution in [3.8, 4) is 6.07 Å². The zero-order chi connectivity index (χ0) is 9.26. The molecule has 13 heavy (non-hydrogen) atoms. The van der Waals surface area contributed by atoms with Crippen LogP contribution in [0, 0.1) is 17.2 Å².